The lowest BCUT2D eigenvalue weighted by Gasteiger charge is -2.23. The average molecular weight is 294 g/mol. The van der Waals surface area contributed by atoms with Gasteiger partial charge in [-0.1, -0.05) is 30.3 Å². The molecule has 0 amide bonds. The van der Waals surface area contributed by atoms with Crippen molar-refractivity contribution >= 4 is 22.3 Å². The molecule has 0 saturated carbocycles. The van der Waals surface area contributed by atoms with Crippen molar-refractivity contribution in [2.45, 2.75) is 13.5 Å². The first-order valence-electron chi connectivity index (χ1n) is 7.32. The maximum Gasteiger partial charge on any atom is 0.272 e. The monoisotopic (exact) mass is 294 g/mol. The average Bonchev–Trinajstić information content (AvgIpc) is 2.56. The van der Waals surface area contributed by atoms with E-state index in [-0.39, 0.29) is 12.2 Å². The molecule has 0 atom stereocenters. The quantitative estimate of drug-likeness (QED) is 0.777. The molecule has 3 rings (SSSR count). The molecule has 0 unspecified atom stereocenters. The fourth-order valence-electron chi connectivity index (χ4n) is 2.61. The Morgan fingerprint density at radius 1 is 1.09 bits per heavy atom. The molecule has 0 saturated heterocycles. The number of anilines is 2. The van der Waals surface area contributed by atoms with Gasteiger partial charge in [-0.25, -0.2) is 0 Å². The first kappa shape index (κ1) is 14.4. The Hall–Kier alpha value is -2.59. The lowest BCUT2D eigenvalue weighted by Crippen LogP contribution is -2.24. The van der Waals surface area contributed by atoms with E-state index in [1.807, 2.05) is 66.4 Å². The van der Waals surface area contributed by atoms with E-state index in [4.69, 9.17) is 5.11 Å². The van der Waals surface area contributed by atoms with Gasteiger partial charge in [-0.05, 0) is 36.8 Å². The molecule has 1 aromatic heterocycles. The molecule has 0 spiro atoms. The van der Waals surface area contributed by atoms with Crippen molar-refractivity contribution in [1.29, 1.82) is 0 Å². The summed E-state index contributed by atoms with van der Waals surface area (Å²) >= 11 is 0. The predicted octanol–water partition coefficient (Wildman–Crippen LogP) is 3.18. The highest BCUT2D eigenvalue weighted by Crippen LogP contribution is 2.24. The molecule has 0 radical (unpaired) electrons. The number of para-hydroxylation sites is 1. The van der Waals surface area contributed by atoms with Gasteiger partial charge in [0.2, 0.25) is 0 Å². The summed E-state index contributed by atoms with van der Waals surface area (Å²) < 4.78 is 0. The molecule has 0 bridgehead atoms. The molecule has 0 fully saturated rings. The Morgan fingerprint density at radius 2 is 1.82 bits per heavy atom. The Morgan fingerprint density at radius 3 is 2.50 bits per heavy atom. The Balaban J connectivity index is 2.09. The first-order valence-corrected chi connectivity index (χ1v) is 7.32. The van der Waals surface area contributed by atoms with Crippen LogP contribution in [-0.4, -0.2) is 16.6 Å². The minimum absolute atomic E-state index is 0.0168. The molecule has 22 heavy (non-hydrogen) atoms. The highest BCUT2D eigenvalue weighted by molar-refractivity contribution is 5.82. The van der Waals surface area contributed by atoms with Crippen molar-refractivity contribution in [2.24, 2.45) is 0 Å². The van der Waals surface area contributed by atoms with Crippen LogP contribution in [0.4, 0.5) is 11.4 Å². The van der Waals surface area contributed by atoms with Crippen molar-refractivity contribution < 1.29 is 5.11 Å². The van der Waals surface area contributed by atoms with Crippen molar-refractivity contribution in [1.82, 2.24) is 4.98 Å². The number of aliphatic hydroxyl groups excluding tert-OH is 1. The molecule has 4 heteroatoms. The third-order valence-electron chi connectivity index (χ3n) is 3.77. The fraction of sp³-hybridized carbons (Fsp3) is 0.167. The summed E-state index contributed by atoms with van der Waals surface area (Å²) in [5.41, 5.74) is 3.14. The zero-order chi connectivity index (χ0) is 15.5. The second-order valence-electron chi connectivity index (χ2n) is 5.14. The molecule has 4 nitrogen and oxygen atoms in total. The summed E-state index contributed by atoms with van der Waals surface area (Å²) in [6.07, 6.45) is 0. The zero-order valence-corrected chi connectivity index (χ0v) is 12.4. The summed E-state index contributed by atoms with van der Waals surface area (Å²) in [7, 11) is 0. The highest BCUT2D eigenvalue weighted by atomic mass is 16.3. The van der Waals surface area contributed by atoms with Crippen LogP contribution in [0.1, 0.15) is 12.5 Å². The molecule has 0 aliphatic heterocycles. The van der Waals surface area contributed by atoms with Crippen LogP contribution in [0, 0.1) is 0 Å². The second-order valence-corrected chi connectivity index (χ2v) is 5.14. The van der Waals surface area contributed by atoms with E-state index < -0.39 is 0 Å². The van der Waals surface area contributed by atoms with Gasteiger partial charge in [0, 0.05) is 23.1 Å². The number of fused-ring (bicyclic) bond motifs is 1. The van der Waals surface area contributed by atoms with Crippen molar-refractivity contribution in [2.75, 3.05) is 11.4 Å². The van der Waals surface area contributed by atoms with Crippen LogP contribution in [0.2, 0.25) is 0 Å². The number of pyridine rings is 1. The maximum atomic E-state index is 12.4. The molecule has 112 valence electrons. The molecule has 2 N–H and O–H groups in total. The first-order chi connectivity index (χ1) is 10.7. The summed E-state index contributed by atoms with van der Waals surface area (Å²) in [4.78, 5) is 17.3. The lowest BCUT2D eigenvalue weighted by molar-refractivity contribution is 0.282. The van der Waals surface area contributed by atoms with Crippen LogP contribution in [0.5, 0.6) is 0 Å². The molecule has 1 heterocycles. The number of hydrogen-bond donors (Lipinski definition) is 2. The van der Waals surface area contributed by atoms with Crippen LogP contribution in [0.25, 0.3) is 10.9 Å². The minimum atomic E-state index is -0.105. The number of H-pyrrole nitrogens is 1. The summed E-state index contributed by atoms with van der Waals surface area (Å²) in [6.45, 7) is 2.71. The maximum absolute atomic E-state index is 12.4. The number of aromatic nitrogens is 1. The molecule has 0 aliphatic rings. The van der Waals surface area contributed by atoms with Gasteiger partial charge in [0.15, 0.2) is 0 Å². The van der Waals surface area contributed by atoms with E-state index in [2.05, 4.69) is 4.98 Å². The van der Waals surface area contributed by atoms with Crippen LogP contribution >= 0.6 is 0 Å². The topological polar surface area (TPSA) is 56.3 Å². The smallest absolute Gasteiger partial charge is 0.272 e. The second kappa shape index (κ2) is 6.03. The number of rotatable bonds is 4. The van der Waals surface area contributed by atoms with E-state index in [0.29, 0.717) is 12.2 Å². The molecule has 2 aromatic carbocycles. The van der Waals surface area contributed by atoms with E-state index in [1.54, 1.807) is 0 Å². The SMILES string of the molecule is CCN(c1ccc(CO)cc1)c1cc2ccccc2[nH]c1=O. The number of nitrogens with one attached hydrogen (secondary N) is 1. The minimum Gasteiger partial charge on any atom is -0.392 e. The highest BCUT2D eigenvalue weighted by Gasteiger charge is 2.12. The number of benzene rings is 2. The van der Waals surface area contributed by atoms with Gasteiger partial charge in [0.25, 0.3) is 5.56 Å². The van der Waals surface area contributed by atoms with Gasteiger partial charge in [-0.3, -0.25) is 4.79 Å². The number of aromatic amines is 1. The number of hydrogen-bond acceptors (Lipinski definition) is 3. The molecular weight excluding hydrogens is 276 g/mol. The van der Waals surface area contributed by atoms with Crippen LogP contribution < -0.4 is 10.5 Å². The van der Waals surface area contributed by atoms with E-state index >= 15 is 0 Å². The summed E-state index contributed by atoms with van der Waals surface area (Å²) in [5.74, 6) is 0. The summed E-state index contributed by atoms with van der Waals surface area (Å²) in [5, 5.41) is 10.1. The Kier molecular flexibility index (Phi) is 3.94. The third kappa shape index (κ3) is 2.61. The van der Waals surface area contributed by atoms with Crippen molar-refractivity contribution in [3.05, 3.63) is 70.5 Å². The molecular formula is C18H18N2O2. The van der Waals surface area contributed by atoms with Crippen LogP contribution in [-0.2, 0) is 6.61 Å². The van der Waals surface area contributed by atoms with Crippen LogP contribution in [0.3, 0.4) is 0 Å². The van der Waals surface area contributed by atoms with E-state index in [1.165, 1.54) is 0 Å². The number of aliphatic hydroxyl groups is 1. The predicted molar refractivity (Wildman–Crippen MR) is 89.6 cm³/mol. The molecule has 0 aliphatic carbocycles. The van der Waals surface area contributed by atoms with Gasteiger partial charge in [0.05, 0.1) is 6.61 Å². The Labute approximate surface area is 128 Å². The standard InChI is InChI=1S/C18H18N2O2/c1-2-20(15-9-7-13(12-21)8-10-15)17-11-14-5-3-4-6-16(14)19-18(17)22/h3-11,21H,2,12H2,1H3,(H,19,22). The van der Waals surface area contributed by atoms with Crippen molar-refractivity contribution in [3.8, 4) is 0 Å². The third-order valence-corrected chi connectivity index (χ3v) is 3.77. The summed E-state index contributed by atoms with van der Waals surface area (Å²) in [6, 6.07) is 17.2. The fourth-order valence-corrected chi connectivity index (χ4v) is 2.61. The normalized spacial score (nSPS) is 10.8. The van der Waals surface area contributed by atoms with Gasteiger partial charge < -0.3 is 15.0 Å². The number of nitrogens with zero attached hydrogens (tertiary/aromatic N) is 1. The van der Waals surface area contributed by atoms with E-state index in [0.717, 1.165) is 22.2 Å². The lowest BCUT2D eigenvalue weighted by atomic mass is 10.1. The Bertz CT molecular complexity index is 838. The van der Waals surface area contributed by atoms with Gasteiger partial charge in [-0.15, -0.1) is 0 Å². The van der Waals surface area contributed by atoms with Crippen molar-refractivity contribution in [3.63, 3.8) is 0 Å². The van der Waals surface area contributed by atoms with Gasteiger partial charge in [0.1, 0.15) is 5.69 Å². The zero-order valence-electron chi connectivity index (χ0n) is 12.4. The van der Waals surface area contributed by atoms with Crippen LogP contribution in [0.15, 0.2) is 59.4 Å². The van der Waals surface area contributed by atoms with E-state index in [9.17, 15) is 4.79 Å². The largest absolute Gasteiger partial charge is 0.392 e. The van der Waals surface area contributed by atoms with Gasteiger partial charge in [-0.2, -0.15) is 0 Å². The molecule has 3 aromatic rings. The van der Waals surface area contributed by atoms with Gasteiger partial charge >= 0.3 is 0 Å².